The molecule has 0 fully saturated rings. The highest BCUT2D eigenvalue weighted by Gasteiger charge is 2.23. The molecule has 1 aliphatic heterocycles. The summed E-state index contributed by atoms with van der Waals surface area (Å²) in [5.41, 5.74) is 2.37. The fourth-order valence-electron chi connectivity index (χ4n) is 3.35. The summed E-state index contributed by atoms with van der Waals surface area (Å²) in [5.74, 6) is 1.96. The summed E-state index contributed by atoms with van der Waals surface area (Å²) < 4.78 is 18.5. The average Bonchev–Trinajstić information content (AvgIpc) is 3.37. The van der Waals surface area contributed by atoms with E-state index in [0.29, 0.717) is 34.6 Å². The molecule has 1 atom stereocenters. The molecule has 2 aromatic carbocycles. The van der Waals surface area contributed by atoms with E-state index < -0.39 is 0 Å². The molecule has 31 heavy (non-hydrogen) atoms. The molecule has 9 nitrogen and oxygen atoms in total. The Hall–Kier alpha value is -3.27. The van der Waals surface area contributed by atoms with Crippen LogP contribution in [0.3, 0.4) is 0 Å². The topological polar surface area (TPSA) is 100 Å². The van der Waals surface area contributed by atoms with Gasteiger partial charge in [-0.1, -0.05) is 23.9 Å². The molecule has 162 valence electrons. The number of methoxy groups -OCH3 is 1. The highest BCUT2D eigenvalue weighted by molar-refractivity contribution is 7.99. The molecule has 3 aromatic rings. The van der Waals surface area contributed by atoms with E-state index in [4.69, 9.17) is 14.2 Å². The predicted molar refractivity (Wildman–Crippen MR) is 116 cm³/mol. The normalized spacial score (nSPS) is 14.6. The number of hydrogen-bond donors (Lipinski definition) is 1. The third-order valence-corrected chi connectivity index (χ3v) is 5.58. The van der Waals surface area contributed by atoms with Crippen LogP contribution in [0.4, 0.5) is 5.69 Å². The fourth-order valence-corrected chi connectivity index (χ4v) is 4.04. The van der Waals surface area contributed by atoms with E-state index >= 15 is 0 Å². The van der Waals surface area contributed by atoms with Crippen LogP contribution >= 0.6 is 11.8 Å². The van der Waals surface area contributed by atoms with Crippen LogP contribution in [0.2, 0.25) is 0 Å². The van der Waals surface area contributed by atoms with Gasteiger partial charge in [-0.15, -0.1) is 5.10 Å². The van der Waals surface area contributed by atoms with Crippen molar-refractivity contribution in [2.24, 2.45) is 0 Å². The second-order valence-corrected chi connectivity index (χ2v) is 7.85. The van der Waals surface area contributed by atoms with Crippen LogP contribution in [0.5, 0.6) is 17.2 Å². The first-order valence-corrected chi connectivity index (χ1v) is 10.9. The molecule has 1 aromatic heterocycles. The molecule has 1 amide bonds. The molecule has 1 N–H and O–H groups in total. The van der Waals surface area contributed by atoms with Crippen molar-refractivity contribution in [3.8, 4) is 22.9 Å². The minimum Gasteiger partial charge on any atom is -0.494 e. The number of para-hydroxylation sites is 2. The van der Waals surface area contributed by atoms with Crippen molar-refractivity contribution >= 4 is 23.4 Å². The molecule has 0 saturated heterocycles. The van der Waals surface area contributed by atoms with Gasteiger partial charge in [-0.2, -0.15) is 4.68 Å². The van der Waals surface area contributed by atoms with E-state index in [-0.39, 0.29) is 17.8 Å². The Labute approximate surface area is 184 Å². The van der Waals surface area contributed by atoms with Gasteiger partial charge in [-0.25, -0.2) is 0 Å². The van der Waals surface area contributed by atoms with Gasteiger partial charge in [-0.05, 0) is 42.5 Å². The molecule has 2 heterocycles. The standard InChI is InChI=1S/C21H23N5O4S/c1-4-29-19-10-14-9-13(2)30-18(14)11-15(19)22-20(27)12-31-21-23-24-25-26(21)16-7-5-6-8-17(16)28-3/h5-8,10-11,13H,4,9,12H2,1-3H3,(H,22,27)/t13-/m0/s1. The molecule has 10 heteroatoms. The Morgan fingerprint density at radius 1 is 1.32 bits per heavy atom. The van der Waals surface area contributed by atoms with Crippen molar-refractivity contribution in [1.29, 1.82) is 0 Å². The minimum atomic E-state index is -0.202. The van der Waals surface area contributed by atoms with Gasteiger partial charge in [0.15, 0.2) is 0 Å². The number of aromatic nitrogens is 4. The van der Waals surface area contributed by atoms with Gasteiger partial charge < -0.3 is 19.5 Å². The Kier molecular flexibility index (Phi) is 6.26. The number of nitrogens with zero attached hydrogens (tertiary/aromatic N) is 4. The van der Waals surface area contributed by atoms with Gasteiger partial charge >= 0.3 is 0 Å². The zero-order chi connectivity index (χ0) is 21.8. The summed E-state index contributed by atoms with van der Waals surface area (Å²) in [7, 11) is 1.58. The number of thioether (sulfide) groups is 1. The van der Waals surface area contributed by atoms with Gasteiger partial charge in [0, 0.05) is 18.1 Å². The van der Waals surface area contributed by atoms with Crippen LogP contribution < -0.4 is 19.5 Å². The number of amides is 1. The number of ether oxygens (including phenoxy) is 3. The predicted octanol–water partition coefficient (Wildman–Crippen LogP) is 3.12. The number of carbonyl (C=O) groups is 1. The molecular weight excluding hydrogens is 418 g/mol. The third-order valence-electron chi connectivity index (χ3n) is 4.66. The van der Waals surface area contributed by atoms with Crippen molar-refractivity contribution in [2.75, 3.05) is 24.8 Å². The van der Waals surface area contributed by atoms with Crippen molar-refractivity contribution in [3.05, 3.63) is 42.0 Å². The van der Waals surface area contributed by atoms with Crippen LogP contribution in [0.15, 0.2) is 41.6 Å². The van der Waals surface area contributed by atoms with Gasteiger partial charge in [-0.3, -0.25) is 4.79 Å². The van der Waals surface area contributed by atoms with E-state index in [1.54, 1.807) is 11.8 Å². The van der Waals surface area contributed by atoms with Crippen LogP contribution in [-0.4, -0.2) is 51.7 Å². The lowest BCUT2D eigenvalue weighted by molar-refractivity contribution is -0.113. The molecule has 1 aliphatic rings. The number of anilines is 1. The summed E-state index contributed by atoms with van der Waals surface area (Å²) in [6.07, 6.45) is 0.935. The monoisotopic (exact) mass is 441 g/mol. The van der Waals surface area contributed by atoms with Crippen LogP contribution in [0.1, 0.15) is 19.4 Å². The lowest BCUT2D eigenvalue weighted by Crippen LogP contribution is -2.15. The highest BCUT2D eigenvalue weighted by Crippen LogP contribution is 2.38. The van der Waals surface area contributed by atoms with E-state index in [2.05, 4.69) is 20.8 Å². The molecule has 0 spiro atoms. The average molecular weight is 442 g/mol. The van der Waals surface area contributed by atoms with Gasteiger partial charge in [0.2, 0.25) is 11.1 Å². The van der Waals surface area contributed by atoms with Gasteiger partial charge in [0.25, 0.3) is 0 Å². The van der Waals surface area contributed by atoms with Crippen LogP contribution in [0, 0.1) is 0 Å². The largest absolute Gasteiger partial charge is 0.494 e. The number of carbonyl (C=O) groups excluding carboxylic acids is 1. The number of nitrogens with one attached hydrogen (secondary N) is 1. The lowest BCUT2D eigenvalue weighted by Gasteiger charge is -2.13. The number of rotatable bonds is 8. The lowest BCUT2D eigenvalue weighted by atomic mass is 10.1. The van der Waals surface area contributed by atoms with Crippen molar-refractivity contribution in [3.63, 3.8) is 0 Å². The molecule has 0 radical (unpaired) electrons. The van der Waals surface area contributed by atoms with E-state index in [1.165, 1.54) is 11.8 Å². The second kappa shape index (κ2) is 9.25. The minimum absolute atomic E-state index is 0.111. The number of fused-ring (bicyclic) bond motifs is 1. The Balaban J connectivity index is 1.47. The first-order valence-electron chi connectivity index (χ1n) is 9.89. The molecular formula is C21H23N5O4S. The van der Waals surface area contributed by atoms with Crippen molar-refractivity contribution in [2.45, 2.75) is 31.5 Å². The van der Waals surface area contributed by atoms with Crippen LogP contribution in [0.25, 0.3) is 5.69 Å². The summed E-state index contributed by atoms with van der Waals surface area (Å²) in [6, 6.07) is 11.2. The maximum absolute atomic E-state index is 12.7. The van der Waals surface area contributed by atoms with Gasteiger partial charge in [0.05, 0.1) is 25.2 Å². The highest BCUT2D eigenvalue weighted by atomic mass is 32.2. The first kappa shape index (κ1) is 21.0. The Morgan fingerprint density at radius 2 is 2.16 bits per heavy atom. The zero-order valence-corrected chi connectivity index (χ0v) is 18.3. The molecule has 0 aliphatic carbocycles. The number of tetrazole rings is 1. The smallest absolute Gasteiger partial charge is 0.234 e. The Bertz CT molecular complexity index is 1090. The quantitative estimate of drug-likeness (QED) is 0.532. The second-order valence-electron chi connectivity index (χ2n) is 6.90. The van der Waals surface area contributed by atoms with E-state index in [1.807, 2.05) is 50.2 Å². The van der Waals surface area contributed by atoms with Crippen molar-refractivity contribution in [1.82, 2.24) is 20.2 Å². The van der Waals surface area contributed by atoms with E-state index in [0.717, 1.165) is 17.7 Å². The van der Waals surface area contributed by atoms with E-state index in [9.17, 15) is 4.79 Å². The Morgan fingerprint density at radius 3 is 2.97 bits per heavy atom. The maximum Gasteiger partial charge on any atom is 0.234 e. The summed E-state index contributed by atoms with van der Waals surface area (Å²) in [4.78, 5) is 12.7. The molecule has 0 unspecified atom stereocenters. The SMILES string of the molecule is CCOc1cc2c(cc1NC(=O)CSc1nnnn1-c1ccccc1OC)O[C@@H](C)C2. The fraction of sp³-hybridized carbons (Fsp3) is 0.333. The number of benzene rings is 2. The number of hydrogen-bond acceptors (Lipinski definition) is 8. The first-order chi connectivity index (χ1) is 15.1. The molecule has 0 bridgehead atoms. The molecule has 0 saturated carbocycles. The zero-order valence-electron chi connectivity index (χ0n) is 17.5. The molecule has 4 rings (SSSR count). The summed E-state index contributed by atoms with van der Waals surface area (Å²) >= 11 is 1.23. The third kappa shape index (κ3) is 4.58. The van der Waals surface area contributed by atoms with Gasteiger partial charge in [0.1, 0.15) is 29.0 Å². The maximum atomic E-state index is 12.7. The summed E-state index contributed by atoms with van der Waals surface area (Å²) in [6.45, 7) is 4.42. The van der Waals surface area contributed by atoms with Crippen molar-refractivity contribution < 1.29 is 19.0 Å². The summed E-state index contributed by atoms with van der Waals surface area (Å²) in [5, 5.41) is 15.2. The van der Waals surface area contributed by atoms with Crippen LogP contribution in [-0.2, 0) is 11.2 Å².